The van der Waals surface area contributed by atoms with Crippen LogP contribution in [0.4, 0.5) is 10.1 Å². The van der Waals surface area contributed by atoms with Crippen LogP contribution in [0.3, 0.4) is 0 Å². The molecule has 0 radical (unpaired) electrons. The Balaban J connectivity index is 1.76. The van der Waals surface area contributed by atoms with E-state index in [1.807, 2.05) is 0 Å². The zero-order valence-corrected chi connectivity index (χ0v) is 12.0. The van der Waals surface area contributed by atoms with Crippen molar-refractivity contribution in [1.82, 2.24) is 0 Å². The van der Waals surface area contributed by atoms with Gasteiger partial charge in [0.1, 0.15) is 36.8 Å². The zero-order valence-electron chi connectivity index (χ0n) is 12.0. The zero-order chi connectivity index (χ0) is 15.6. The number of ether oxygens (including phenoxy) is 3. The number of anilines is 1. The Kier molecular flexibility index (Phi) is 2.30. The lowest BCUT2D eigenvalue weighted by Gasteiger charge is -2.23. The topological polar surface area (TPSA) is 56.8 Å². The number of para-hydroxylation sites is 1. The summed E-state index contributed by atoms with van der Waals surface area (Å²) >= 11 is 0. The molecule has 0 fully saturated rings. The van der Waals surface area contributed by atoms with Crippen LogP contribution in [0.1, 0.15) is 11.1 Å². The first kappa shape index (κ1) is 12.8. The lowest BCUT2D eigenvalue weighted by Crippen LogP contribution is -2.37. The molecule has 3 heterocycles. The van der Waals surface area contributed by atoms with E-state index in [1.54, 1.807) is 24.3 Å². The maximum absolute atomic E-state index is 14.0. The minimum atomic E-state index is -1.04. The van der Waals surface area contributed by atoms with E-state index in [1.165, 1.54) is 6.07 Å². The molecule has 0 aliphatic carbocycles. The summed E-state index contributed by atoms with van der Waals surface area (Å²) < 4.78 is 31.0. The van der Waals surface area contributed by atoms with Gasteiger partial charge in [-0.15, -0.1) is 0 Å². The summed E-state index contributed by atoms with van der Waals surface area (Å²) in [6.45, 7) is 1.07. The summed E-state index contributed by atoms with van der Waals surface area (Å²) in [4.78, 5) is 12.7. The number of nitrogens with one attached hydrogen (secondary N) is 1. The third-order valence-corrected chi connectivity index (χ3v) is 4.65. The maximum Gasteiger partial charge on any atom is 0.243 e. The third kappa shape index (κ3) is 1.48. The van der Waals surface area contributed by atoms with Crippen LogP contribution in [0.2, 0.25) is 0 Å². The summed E-state index contributed by atoms with van der Waals surface area (Å²) in [5.74, 6) is 1.02. The van der Waals surface area contributed by atoms with Crippen LogP contribution < -0.4 is 19.5 Å². The van der Waals surface area contributed by atoms with E-state index < -0.39 is 11.2 Å². The van der Waals surface area contributed by atoms with Crippen molar-refractivity contribution in [2.45, 2.75) is 5.41 Å². The standard InChI is InChI=1S/C17H12FNO4/c18-11-3-1-2-9-15(11)19-16(20)17(9)8-23-12-7-14-13(6-10(12)17)21-4-5-22-14/h1-3,6-7H,4-5,8H2,(H,19,20). The smallest absolute Gasteiger partial charge is 0.243 e. The first-order valence-corrected chi connectivity index (χ1v) is 7.37. The summed E-state index contributed by atoms with van der Waals surface area (Å²) in [6, 6.07) is 8.20. The molecule has 3 aliphatic heterocycles. The van der Waals surface area contributed by atoms with Crippen LogP contribution in [0, 0.1) is 5.82 Å². The quantitative estimate of drug-likeness (QED) is 0.810. The molecule has 116 valence electrons. The molecule has 1 atom stereocenters. The molecule has 5 nitrogen and oxygen atoms in total. The van der Waals surface area contributed by atoms with Crippen molar-refractivity contribution in [2.24, 2.45) is 0 Å². The summed E-state index contributed by atoms with van der Waals surface area (Å²) in [5, 5.41) is 2.65. The maximum atomic E-state index is 14.0. The van der Waals surface area contributed by atoms with Gasteiger partial charge in [-0.05, 0) is 12.1 Å². The van der Waals surface area contributed by atoms with Crippen molar-refractivity contribution in [1.29, 1.82) is 0 Å². The van der Waals surface area contributed by atoms with Gasteiger partial charge in [0.05, 0.1) is 5.69 Å². The second kappa shape index (κ2) is 4.16. The highest BCUT2D eigenvalue weighted by Crippen LogP contribution is 2.53. The fourth-order valence-corrected chi connectivity index (χ4v) is 3.55. The van der Waals surface area contributed by atoms with Gasteiger partial charge < -0.3 is 19.5 Å². The lowest BCUT2D eigenvalue weighted by atomic mass is 9.77. The summed E-state index contributed by atoms with van der Waals surface area (Å²) in [5.41, 5.74) is 0.466. The Morgan fingerprint density at radius 1 is 1.00 bits per heavy atom. The Morgan fingerprint density at radius 3 is 2.61 bits per heavy atom. The molecule has 0 saturated heterocycles. The van der Waals surface area contributed by atoms with Gasteiger partial charge in [-0.1, -0.05) is 12.1 Å². The SMILES string of the molecule is O=C1Nc2c(F)cccc2C12COc1cc3c(cc12)OCCO3. The molecule has 1 spiro atoms. The number of benzene rings is 2. The molecule has 6 heteroatoms. The molecule has 0 aromatic heterocycles. The van der Waals surface area contributed by atoms with E-state index >= 15 is 0 Å². The number of rotatable bonds is 0. The molecule has 2 aromatic rings. The van der Waals surface area contributed by atoms with Crippen LogP contribution in [0.5, 0.6) is 17.2 Å². The van der Waals surface area contributed by atoms with Crippen molar-refractivity contribution >= 4 is 11.6 Å². The minimum absolute atomic E-state index is 0.132. The average molecular weight is 313 g/mol. The van der Waals surface area contributed by atoms with Crippen molar-refractivity contribution in [3.8, 4) is 17.2 Å². The van der Waals surface area contributed by atoms with Crippen molar-refractivity contribution in [2.75, 3.05) is 25.1 Å². The van der Waals surface area contributed by atoms with Gasteiger partial charge in [-0.2, -0.15) is 0 Å². The van der Waals surface area contributed by atoms with E-state index in [9.17, 15) is 9.18 Å². The van der Waals surface area contributed by atoms with Gasteiger partial charge >= 0.3 is 0 Å². The van der Waals surface area contributed by atoms with Gasteiger partial charge in [0.15, 0.2) is 11.5 Å². The number of carbonyl (C=O) groups is 1. The molecule has 5 rings (SSSR count). The molecule has 0 saturated carbocycles. The molecule has 0 bridgehead atoms. The summed E-state index contributed by atoms with van der Waals surface area (Å²) in [7, 11) is 0. The van der Waals surface area contributed by atoms with Crippen LogP contribution in [0.25, 0.3) is 0 Å². The highest BCUT2D eigenvalue weighted by Gasteiger charge is 2.55. The second-order valence-corrected chi connectivity index (χ2v) is 5.80. The highest BCUT2D eigenvalue weighted by atomic mass is 19.1. The fraction of sp³-hybridized carbons (Fsp3) is 0.235. The first-order chi connectivity index (χ1) is 11.2. The predicted octanol–water partition coefficient (Wildman–Crippen LogP) is 2.23. The molecule has 1 amide bonds. The Bertz CT molecular complexity index is 866. The number of halogens is 1. The number of hydrogen-bond donors (Lipinski definition) is 1. The monoisotopic (exact) mass is 313 g/mol. The van der Waals surface area contributed by atoms with Crippen molar-refractivity contribution in [3.05, 3.63) is 47.3 Å². The molecule has 23 heavy (non-hydrogen) atoms. The Morgan fingerprint density at radius 2 is 1.78 bits per heavy atom. The van der Waals surface area contributed by atoms with E-state index in [0.717, 1.165) is 0 Å². The summed E-state index contributed by atoms with van der Waals surface area (Å²) in [6.07, 6.45) is 0. The molecule has 1 N–H and O–H groups in total. The fourth-order valence-electron chi connectivity index (χ4n) is 3.55. The van der Waals surface area contributed by atoms with E-state index in [0.29, 0.717) is 41.6 Å². The molecular formula is C17H12FNO4. The third-order valence-electron chi connectivity index (χ3n) is 4.65. The first-order valence-electron chi connectivity index (χ1n) is 7.37. The van der Waals surface area contributed by atoms with Gasteiger partial charge in [-0.3, -0.25) is 4.79 Å². The number of amides is 1. The molecule has 3 aliphatic rings. The van der Waals surface area contributed by atoms with Gasteiger partial charge in [0.25, 0.3) is 0 Å². The van der Waals surface area contributed by atoms with E-state index in [2.05, 4.69) is 5.32 Å². The Labute approximate surface area is 131 Å². The number of carbonyl (C=O) groups excluding carboxylic acids is 1. The van der Waals surface area contributed by atoms with E-state index in [-0.39, 0.29) is 18.2 Å². The molecular weight excluding hydrogens is 301 g/mol. The van der Waals surface area contributed by atoms with Gasteiger partial charge in [0, 0.05) is 17.2 Å². The van der Waals surface area contributed by atoms with Crippen LogP contribution in [0.15, 0.2) is 30.3 Å². The van der Waals surface area contributed by atoms with Gasteiger partial charge in [-0.25, -0.2) is 4.39 Å². The van der Waals surface area contributed by atoms with Crippen LogP contribution in [-0.4, -0.2) is 25.7 Å². The highest BCUT2D eigenvalue weighted by molar-refractivity contribution is 6.10. The minimum Gasteiger partial charge on any atom is -0.491 e. The van der Waals surface area contributed by atoms with E-state index in [4.69, 9.17) is 14.2 Å². The molecule has 1 unspecified atom stereocenters. The second-order valence-electron chi connectivity index (χ2n) is 5.80. The largest absolute Gasteiger partial charge is 0.491 e. The lowest BCUT2D eigenvalue weighted by molar-refractivity contribution is -0.119. The number of fused-ring (bicyclic) bond motifs is 5. The molecule has 2 aromatic carbocycles. The van der Waals surface area contributed by atoms with Gasteiger partial charge in [0.2, 0.25) is 5.91 Å². The van der Waals surface area contributed by atoms with Crippen molar-refractivity contribution < 1.29 is 23.4 Å². The number of hydrogen-bond acceptors (Lipinski definition) is 4. The van der Waals surface area contributed by atoms with Crippen LogP contribution >= 0.6 is 0 Å². The Hall–Kier alpha value is -2.76. The normalized spacial score (nSPS) is 23.3. The van der Waals surface area contributed by atoms with Crippen LogP contribution in [-0.2, 0) is 10.2 Å². The predicted molar refractivity (Wildman–Crippen MR) is 78.7 cm³/mol. The van der Waals surface area contributed by atoms with Crippen molar-refractivity contribution in [3.63, 3.8) is 0 Å². The average Bonchev–Trinajstić information content (AvgIpc) is 3.07.